The number of carbonyl (C=O) groups is 1. The number of likely N-dealkylation sites (tertiary alicyclic amines) is 2. The number of carbonyl (C=O) groups excluding carboxylic acids is 1. The molecule has 2 aliphatic rings. The predicted molar refractivity (Wildman–Crippen MR) is 121 cm³/mol. The Morgan fingerprint density at radius 2 is 1.80 bits per heavy atom. The number of ether oxygens (including phenoxy) is 1. The largest absolute Gasteiger partial charge is 0.417 e. The quantitative estimate of drug-likeness (QED) is 0.654. The van der Waals surface area contributed by atoms with E-state index in [0.717, 1.165) is 6.54 Å². The standard InChI is InChI=1S/C24H30ClN3O2/c25-20-6-4-7-21(18-20)26-24(29)30-22-11-9-19(10-12-22)23-8-5-15-28(23)17-16-27-13-2-1-3-14-27/h4,6-7,9-12,18,23H,1-3,5,8,13-17H2,(H,26,29). The summed E-state index contributed by atoms with van der Waals surface area (Å²) in [5.74, 6) is 0.538. The first-order valence-corrected chi connectivity index (χ1v) is 11.4. The number of hydrogen-bond donors (Lipinski definition) is 1. The second-order valence-corrected chi connectivity index (χ2v) is 8.63. The molecule has 2 aliphatic heterocycles. The third kappa shape index (κ3) is 5.75. The minimum atomic E-state index is -0.519. The van der Waals surface area contributed by atoms with Gasteiger partial charge in [0.2, 0.25) is 0 Å². The lowest BCUT2D eigenvalue weighted by molar-refractivity contribution is 0.174. The normalized spacial score (nSPS) is 20.2. The molecular formula is C24H30ClN3O2. The van der Waals surface area contributed by atoms with Gasteiger partial charge < -0.3 is 9.64 Å². The highest BCUT2D eigenvalue weighted by molar-refractivity contribution is 6.30. The van der Waals surface area contributed by atoms with Gasteiger partial charge in [-0.2, -0.15) is 0 Å². The molecule has 0 aliphatic carbocycles. The number of nitrogens with zero attached hydrogens (tertiary/aromatic N) is 2. The first-order valence-electron chi connectivity index (χ1n) is 11.0. The van der Waals surface area contributed by atoms with Crippen LogP contribution in [0.4, 0.5) is 10.5 Å². The minimum absolute atomic E-state index is 0.462. The Hall–Kier alpha value is -2.08. The molecule has 0 saturated carbocycles. The van der Waals surface area contributed by atoms with Gasteiger partial charge in [0, 0.05) is 29.8 Å². The maximum atomic E-state index is 12.1. The molecule has 5 nitrogen and oxygen atoms in total. The third-order valence-corrected chi connectivity index (χ3v) is 6.30. The average molecular weight is 428 g/mol. The van der Waals surface area contributed by atoms with Crippen molar-refractivity contribution >= 4 is 23.4 Å². The Kier molecular flexibility index (Phi) is 7.26. The van der Waals surface area contributed by atoms with Gasteiger partial charge in [-0.1, -0.05) is 36.2 Å². The molecule has 0 radical (unpaired) electrons. The Labute approximate surface area is 184 Å². The van der Waals surface area contributed by atoms with Crippen LogP contribution < -0.4 is 10.1 Å². The second kappa shape index (κ2) is 10.3. The monoisotopic (exact) mass is 427 g/mol. The molecule has 2 aromatic carbocycles. The molecule has 0 bridgehead atoms. The first-order chi connectivity index (χ1) is 14.7. The molecule has 2 saturated heterocycles. The molecule has 160 valence electrons. The number of halogens is 1. The maximum Gasteiger partial charge on any atom is 0.417 e. The molecule has 2 aromatic rings. The summed E-state index contributed by atoms with van der Waals surface area (Å²) in [5, 5.41) is 3.27. The van der Waals surface area contributed by atoms with E-state index >= 15 is 0 Å². The van der Waals surface area contributed by atoms with Crippen LogP contribution in [0.25, 0.3) is 0 Å². The summed E-state index contributed by atoms with van der Waals surface area (Å²) >= 11 is 5.95. The Bertz CT molecular complexity index is 837. The van der Waals surface area contributed by atoms with Crippen LogP contribution in [0.15, 0.2) is 48.5 Å². The van der Waals surface area contributed by atoms with Gasteiger partial charge in [-0.15, -0.1) is 0 Å². The lowest BCUT2D eigenvalue weighted by Gasteiger charge is -2.31. The van der Waals surface area contributed by atoms with Crippen molar-refractivity contribution in [3.8, 4) is 5.75 Å². The lowest BCUT2D eigenvalue weighted by Crippen LogP contribution is -2.37. The van der Waals surface area contributed by atoms with E-state index in [4.69, 9.17) is 16.3 Å². The molecule has 1 unspecified atom stereocenters. The minimum Gasteiger partial charge on any atom is -0.410 e. The van der Waals surface area contributed by atoms with Crippen LogP contribution in [0.2, 0.25) is 5.02 Å². The molecular weight excluding hydrogens is 398 g/mol. The predicted octanol–water partition coefficient (Wildman–Crippen LogP) is 5.57. The van der Waals surface area contributed by atoms with E-state index in [1.807, 2.05) is 12.1 Å². The van der Waals surface area contributed by atoms with Gasteiger partial charge in [0.1, 0.15) is 5.75 Å². The number of hydrogen-bond acceptors (Lipinski definition) is 4. The molecule has 30 heavy (non-hydrogen) atoms. The maximum absolute atomic E-state index is 12.1. The van der Waals surface area contributed by atoms with Gasteiger partial charge >= 0.3 is 6.09 Å². The smallest absolute Gasteiger partial charge is 0.410 e. The molecule has 2 heterocycles. The van der Waals surface area contributed by atoms with Gasteiger partial charge in [-0.25, -0.2) is 4.79 Å². The van der Waals surface area contributed by atoms with Gasteiger partial charge in [0.25, 0.3) is 0 Å². The van der Waals surface area contributed by atoms with Crippen molar-refractivity contribution in [3.05, 3.63) is 59.1 Å². The summed E-state index contributed by atoms with van der Waals surface area (Å²) in [4.78, 5) is 17.3. The summed E-state index contributed by atoms with van der Waals surface area (Å²) in [5.41, 5.74) is 1.91. The molecule has 0 aromatic heterocycles. The Balaban J connectivity index is 1.30. The SMILES string of the molecule is O=C(Nc1cccc(Cl)c1)Oc1ccc(C2CCCN2CCN2CCCCC2)cc1. The zero-order valence-electron chi connectivity index (χ0n) is 17.4. The zero-order chi connectivity index (χ0) is 20.8. The summed E-state index contributed by atoms with van der Waals surface area (Å²) in [7, 11) is 0. The molecule has 6 heteroatoms. The molecule has 1 amide bonds. The van der Waals surface area contributed by atoms with Gasteiger partial charge in [-0.05, 0) is 81.2 Å². The van der Waals surface area contributed by atoms with E-state index in [1.54, 1.807) is 24.3 Å². The first kappa shape index (κ1) is 21.2. The van der Waals surface area contributed by atoms with Crippen molar-refractivity contribution in [1.82, 2.24) is 9.80 Å². The average Bonchev–Trinajstić information content (AvgIpc) is 3.22. The van der Waals surface area contributed by atoms with E-state index in [2.05, 4.69) is 27.2 Å². The fourth-order valence-corrected chi connectivity index (χ4v) is 4.69. The van der Waals surface area contributed by atoms with Gasteiger partial charge in [-0.3, -0.25) is 10.2 Å². The van der Waals surface area contributed by atoms with Crippen molar-refractivity contribution in [1.29, 1.82) is 0 Å². The second-order valence-electron chi connectivity index (χ2n) is 8.19. The fourth-order valence-electron chi connectivity index (χ4n) is 4.50. The van der Waals surface area contributed by atoms with Crippen molar-refractivity contribution < 1.29 is 9.53 Å². The summed E-state index contributed by atoms with van der Waals surface area (Å²) in [6, 6.07) is 15.4. The molecule has 0 spiro atoms. The third-order valence-electron chi connectivity index (χ3n) is 6.06. The molecule has 1 atom stereocenters. The van der Waals surface area contributed by atoms with E-state index in [9.17, 15) is 4.79 Å². The van der Waals surface area contributed by atoms with Crippen molar-refractivity contribution in [2.24, 2.45) is 0 Å². The molecule has 4 rings (SSSR count). The van der Waals surface area contributed by atoms with Gasteiger partial charge in [0.15, 0.2) is 0 Å². The topological polar surface area (TPSA) is 44.8 Å². The van der Waals surface area contributed by atoms with Crippen molar-refractivity contribution in [3.63, 3.8) is 0 Å². The van der Waals surface area contributed by atoms with Crippen LogP contribution >= 0.6 is 11.6 Å². The van der Waals surface area contributed by atoms with Crippen LogP contribution in [0.1, 0.15) is 43.7 Å². The van der Waals surface area contributed by atoms with E-state index in [0.29, 0.717) is 22.5 Å². The van der Waals surface area contributed by atoms with E-state index in [-0.39, 0.29) is 0 Å². The van der Waals surface area contributed by atoms with Crippen molar-refractivity contribution in [2.45, 2.75) is 38.1 Å². The number of benzene rings is 2. The summed E-state index contributed by atoms with van der Waals surface area (Å²) in [6.45, 7) is 5.97. The van der Waals surface area contributed by atoms with Crippen LogP contribution in [-0.2, 0) is 0 Å². The van der Waals surface area contributed by atoms with E-state index in [1.165, 1.54) is 63.8 Å². The number of piperidine rings is 1. The highest BCUT2D eigenvalue weighted by Crippen LogP contribution is 2.32. The van der Waals surface area contributed by atoms with Crippen LogP contribution in [-0.4, -0.2) is 48.6 Å². The van der Waals surface area contributed by atoms with Crippen LogP contribution in [0, 0.1) is 0 Å². The van der Waals surface area contributed by atoms with Crippen molar-refractivity contribution in [2.75, 3.05) is 38.0 Å². The van der Waals surface area contributed by atoms with Crippen LogP contribution in [0.5, 0.6) is 5.75 Å². The highest BCUT2D eigenvalue weighted by Gasteiger charge is 2.26. The highest BCUT2D eigenvalue weighted by atomic mass is 35.5. The summed E-state index contributed by atoms with van der Waals surface area (Å²) in [6.07, 6.45) is 5.98. The van der Waals surface area contributed by atoms with Gasteiger partial charge in [0.05, 0.1) is 0 Å². The van der Waals surface area contributed by atoms with E-state index < -0.39 is 6.09 Å². The number of nitrogens with one attached hydrogen (secondary N) is 1. The Morgan fingerprint density at radius 1 is 1.00 bits per heavy atom. The van der Waals surface area contributed by atoms with Crippen LogP contribution in [0.3, 0.4) is 0 Å². The lowest BCUT2D eigenvalue weighted by atomic mass is 10.0. The molecule has 1 N–H and O–H groups in total. The number of rotatable bonds is 6. The number of amides is 1. The molecule has 2 fully saturated rings. The summed E-state index contributed by atoms with van der Waals surface area (Å²) < 4.78 is 5.42. The zero-order valence-corrected chi connectivity index (χ0v) is 18.1. The number of anilines is 1. The fraction of sp³-hybridized carbons (Fsp3) is 0.458. The Morgan fingerprint density at radius 3 is 2.57 bits per heavy atom.